The van der Waals surface area contributed by atoms with E-state index in [1.807, 2.05) is 45.3 Å². The minimum absolute atomic E-state index is 0.00654. The van der Waals surface area contributed by atoms with Crippen molar-refractivity contribution in [1.82, 2.24) is 25.2 Å². The Morgan fingerprint density at radius 1 is 0.592 bits per heavy atom. The number of nitrogens with zero attached hydrogens (tertiary/aromatic N) is 2. The molecule has 0 saturated heterocycles. The van der Waals surface area contributed by atoms with Gasteiger partial charge < -0.3 is 39.4 Å². The Labute approximate surface area is 470 Å². The van der Waals surface area contributed by atoms with Gasteiger partial charge in [-0.15, -0.1) is 0 Å². The van der Waals surface area contributed by atoms with Gasteiger partial charge in [-0.3, -0.25) is 4.79 Å². The first-order valence-corrected chi connectivity index (χ1v) is 30.7. The lowest BCUT2D eigenvalue weighted by atomic mass is 9.85. The van der Waals surface area contributed by atoms with Gasteiger partial charge in [0.25, 0.3) is 0 Å². The Kier molecular flexibility index (Phi) is 27.2. The summed E-state index contributed by atoms with van der Waals surface area (Å²) >= 11 is 25.5. The van der Waals surface area contributed by atoms with Crippen molar-refractivity contribution in [2.75, 3.05) is 105 Å². The highest BCUT2D eigenvalue weighted by molar-refractivity contribution is 7.91. The van der Waals surface area contributed by atoms with Crippen molar-refractivity contribution in [3.8, 4) is 0 Å². The summed E-state index contributed by atoms with van der Waals surface area (Å²) in [5.74, 6) is 0.151. The Morgan fingerprint density at radius 2 is 1.09 bits per heavy atom. The van der Waals surface area contributed by atoms with Crippen LogP contribution in [0, 0.1) is 0 Å². The van der Waals surface area contributed by atoms with Gasteiger partial charge in [0, 0.05) is 104 Å². The van der Waals surface area contributed by atoms with Crippen molar-refractivity contribution in [2.24, 2.45) is 0 Å². The fraction of sp³-hybridized carbons (Fsp3) is 0.527. The van der Waals surface area contributed by atoms with Crippen LogP contribution in [0.3, 0.4) is 0 Å². The molecule has 0 radical (unpaired) electrons. The van der Waals surface area contributed by atoms with Crippen LogP contribution in [0.2, 0.25) is 20.1 Å². The molecule has 6 rings (SSSR count). The number of rotatable bonds is 30. The molecule has 15 nitrogen and oxygen atoms in total. The van der Waals surface area contributed by atoms with Gasteiger partial charge in [0.2, 0.25) is 10.0 Å². The number of carbonyl (C=O) groups is 2. The van der Waals surface area contributed by atoms with E-state index in [4.69, 9.17) is 65.4 Å². The topological polar surface area (TPSA) is 182 Å². The highest BCUT2D eigenvalue weighted by atomic mass is 35.5. The van der Waals surface area contributed by atoms with Crippen LogP contribution in [0.4, 0.5) is 4.79 Å². The lowest BCUT2D eigenvalue weighted by Gasteiger charge is -2.33. The molecule has 2 amide bonds. The van der Waals surface area contributed by atoms with Crippen molar-refractivity contribution < 1.29 is 45.4 Å². The lowest BCUT2D eigenvalue weighted by molar-refractivity contribution is -0.119. The van der Waals surface area contributed by atoms with Crippen molar-refractivity contribution in [3.63, 3.8) is 0 Å². The molecule has 0 fully saturated rings. The van der Waals surface area contributed by atoms with E-state index in [1.165, 1.54) is 0 Å². The Balaban J connectivity index is 0.000000282. The van der Waals surface area contributed by atoms with Crippen LogP contribution in [0.1, 0.15) is 104 Å². The normalized spacial score (nSPS) is 15.8. The number of hydrogen-bond acceptors (Lipinski definition) is 12. The summed E-state index contributed by atoms with van der Waals surface area (Å²) in [5.41, 5.74) is 5.92. The number of hydrogen-bond donors (Lipinski definition) is 3. The molecule has 4 aromatic carbocycles. The molecular weight excluding hydrogens is 1100 g/mol. The van der Waals surface area contributed by atoms with Gasteiger partial charge in [-0.2, -0.15) is 0 Å². The average Bonchev–Trinajstić information content (AvgIpc) is 3.39. The summed E-state index contributed by atoms with van der Waals surface area (Å²) in [6, 6.07) is 21.3. The van der Waals surface area contributed by atoms with Crippen molar-refractivity contribution >= 4 is 78.1 Å². The molecule has 0 unspecified atom stereocenters. The number of halogens is 4. The van der Waals surface area contributed by atoms with E-state index in [0.717, 1.165) is 72.3 Å². The number of benzene rings is 4. The lowest BCUT2D eigenvalue weighted by Crippen LogP contribution is -2.37. The third-order valence-corrected chi connectivity index (χ3v) is 17.3. The van der Waals surface area contributed by atoms with Gasteiger partial charge in [-0.25, -0.2) is 26.4 Å². The van der Waals surface area contributed by atoms with Crippen LogP contribution >= 0.6 is 46.4 Å². The number of fused-ring (bicyclic) bond motifs is 2. The number of ether oxygens (including phenoxy) is 4. The largest absolute Gasteiger partial charge is 0.379 e. The average molecular weight is 1170 g/mol. The maximum absolute atomic E-state index is 13.1. The highest BCUT2D eigenvalue weighted by Crippen LogP contribution is 2.40. The van der Waals surface area contributed by atoms with Crippen LogP contribution in [-0.2, 0) is 56.7 Å². The minimum Gasteiger partial charge on any atom is -0.379 e. The second-order valence-electron chi connectivity index (χ2n) is 19.0. The molecule has 420 valence electrons. The molecule has 3 N–H and O–H groups in total. The zero-order valence-electron chi connectivity index (χ0n) is 44.2. The van der Waals surface area contributed by atoms with E-state index in [-0.39, 0.29) is 47.5 Å². The van der Waals surface area contributed by atoms with Crippen LogP contribution in [-0.4, -0.2) is 144 Å². The van der Waals surface area contributed by atoms with Crippen molar-refractivity contribution in [2.45, 2.75) is 93.5 Å². The summed E-state index contributed by atoms with van der Waals surface area (Å²) in [6.45, 7) is 11.1. The molecule has 0 aliphatic carbocycles. The van der Waals surface area contributed by atoms with E-state index in [0.29, 0.717) is 117 Å². The first kappa shape index (κ1) is 63.4. The second kappa shape index (κ2) is 32.6. The van der Waals surface area contributed by atoms with Crippen LogP contribution in [0.25, 0.3) is 0 Å². The maximum atomic E-state index is 13.1. The molecule has 76 heavy (non-hydrogen) atoms. The Morgan fingerprint density at radius 3 is 1.64 bits per heavy atom. The number of urea groups is 1. The number of ketones is 1. The standard InChI is InChI=1S/C29H41Cl2N3O5S.C26H34Cl2N2O5S/c1-3-4-5-10-32-29(35)33-11-13-39-15-14-38-12-7-16-40(36,37)24-9-6-8-22(17-24)26-20-34(2)21-27-25(26)18-23(30)19-28(27)31;1-3-21(31)7-5-10-34-12-13-35-11-9-29-36(32,33)22-8-4-6-19(14-22)24-17-30(2)18-25-23(24)15-20(27)16-26(25)28/h6,8-9,17-19,26H,3-5,7,10-16,20-21H2,1-2H3,(H2,32,33,35);4,6,8,14-16,24,29H,3,5,7,9-13,17-18H2,1-2H3/t26-;24-/m00/s1. The molecule has 2 aliphatic heterocycles. The van der Waals surface area contributed by atoms with Crippen LogP contribution in [0.5, 0.6) is 0 Å². The number of nitrogens with one attached hydrogen (secondary N) is 3. The molecule has 2 aliphatic rings. The molecule has 2 heterocycles. The maximum Gasteiger partial charge on any atom is 0.314 e. The van der Waals surface area contributed by atoms with Gasteiger partial charge in [-0.1, -0.05) is 97.4 Å². The number of Topliss-reactive ketones (excluding diaryl/α,β-unsaturated/α-hetero) is 1. The fourth-order valence-corrected chi connectivity index (χ4v) is 12.5. The number of sulfone groups is 1. The van der Waals surface area contributed by atoms with E-state index in [1.54, 1.807) is 48.5 Å². The molecule has 0 saturated carbocycles. The molecule has 2 atom stereocenters. The first-order chi connectivity index (χ1) is 36.4. The number of likely N-dealkylation sites (N-methyl/N-ethyl adjacent to an activating group) is 2. The molecule has 0 spiro atoms. The van der Waals surface area contributed by atoms with E-state index in [9.17, 15) is 26.4 Å². The number of amides is 2. The van der Waals surface area contributed by atoms with E-state index < -0.39 is 19.9 Å². The fourth-order valence-electron chi connectivity index (χ4n) is 8.95. The number of unbranched alkanes of at least 4 members (excludes halogenated alkanes) is 2. The Bertz CT molecular complexity index is 2720. The zero-order valence-corrected chi connectivity index (χ0v) is 48.8. The summed E-state index contributed by atoms with van der Waals surface area (Å²) in [7, 11) is -3.14. The van der Waals surface area contributed by atoms with Gasteiger partial charge in [0.15, 0.2) is 9.84 Å². The number of carbonyl (C=O) groups excluding carboxylic acids is 2. The Hall–Kier alpha value is -3.40. The van der Waals surface area contributed by atoms with Gasteiger partial charge in [0.05, 0.1) is 55.2 Å². The van der Waals surface area contributed by atoms with Gasteiger partial charge >= 0.3 is 6.03 Å². The first-order valence-electron chi connectivity index (χ1n) is 26.0. The smallest absolute Gasteiger partial charge is 0.314 e. The van der Waals surface area contributed by atoms with Gasteiger partial charge in [0.1, 0.15) is 5.78 Å². The number of sulfonamides is 1. The predicted molar refractivity (Wildman–Crippen MR) is 303 cm³/mol. The second-order valence-corrected chi connectivity index (χ2v) is 24.5. The van der Waals surface area contributed by atoms with Crippen LogP contribution in [0.15, 0.2) is 82.6 Å². The molecule has 0 aromatic heterocycles. The molecular formula is C55H75Cl4N5O10S2. The quantitative estimate of drug-likeness (QED) is 0.0421. The van der Waals surface area contributed by atoms with E-state index >= 15 is 0 Å². The van der Waals surface area contributed by atoms with E-state index in [2.05, 4.69) is 32.1 Å². The summed E-state index contributed by atoms with van der Waals surface area (Å²) in [5, 5.41) is 7.94. The highest BCUT2D eigenvalue weighted by Gasteiger charge is 2.30. The monoisotopic (exact) mass is 1170 g/mol. The summed E-state index contributed by atoms with van der Waals surface area (Å²) in [6.07, 6.45) is 5.36. The predicted octanol–water partition coefficient (Wildman–Crippen LogP) is 9.90. The summed E-state index contributed by atoms with van der Waals surface area (Å²) < 4.78 is 76.4. The zero-order chi connectivity index (χ0) is 55.1. The molecule has 0 bridgehead atoms. The molecule has 4 aromatic rings. The third-order valence-electron chi connectivity index (χ3n) is 12.9. The third kappa shape index (κ3) is 20.7. The minimum atomic E-state index is -3.70. The SMILES string of the molecule is CCC(=O)CCCOCCOCCNS(=O)(=O)c1cccc([C@@H]2CN(C)Cc3c(Cl)cc(Cl)cc32)c1.CCCCCNC(=O)NCCOCCOCCCS(=O)(=O)c1cccc([C@@H]2CN(C)Cc3c(Cl)cc(Cl)cc32)c1. The van der Waals surface area contributed by atoms with Crippen molar-refractivity contribution in [1.29, 1.82) is 0 Å². The van der Waals surface area contributed by atoms with Gasteiger partial charge in [-0.05, 0) is 115 Å². The summed E-state index contributed by atoms with van der Waals surface area (Å²) in [4.78, 5) is 27.7. The van der Waals surface area contributed by atoms with Crippen molar-refractivity contribution in [3.05, 3.63) is 126 Å². The van der Waals surface area contributed by atoms with Crippen LogP contribution < -0.4 is 15.4 Å². The molecule has 21 heteroatoms.